The van der Waals surface area contributed by atoms with Gasteiger partial charge in [0.2, 0.25) is 6.29 Å². The van der Waals surface area contributed by atoms with Gasteiger partial charge >= 0.3 is 11.9 Å². The molecule has 0 unspecified atom stereocenters. The van der Waals surface area contributed by atoms with Crippen LogP contribution in [0.4, 0.5) is 0 Å². The second-order valence-electron chi connectivity index (χ2n) is 26.9. The first-order valence-electron chi connectivity index (χ1n) is 28.8. The van der Waals surface area contributed by atoms with Crippen LogP contribution in [0.25, 0.3) is 0 Å². The van der Waals surface area contributed by atoms with Crippen LogP contribution in [0.1, 0.15) is 113 Å². The van der Waals surface area contributed by atoms with Gasteiger partial charge in [-0.15, -0.1) is 0 Å². The van der Waals surface area contributed by atoms with Crippen molar-refractivity contribution in [2.24, 2.45) is 50.2 Å². The molecule has 464 valence electrons. The molecular weight excluding hydrogens is 1070 g/mol. The standard InChI is InChI=1S/C56H90O25/c1-23-33(62)37(66)40(69)46(74-23)79-44-43(78-47-41(70)38(67)34(63)28(19-57)75-47)36(65)30(21-59)77-49(44)81-50(72)56-15-13-51(3,4)17-26(56)25-9-10-32-52(5)18-27(61)45(80-48-42(71)39(68)35(64)29(20-58)76-48)53(6,22-73-24(2)60)31(52)11-12-55(32,8)54(25,7)14-16-56/h9,23,26-49,57-59,61-71H,10-22H2,1-8H3/t23-,26-,27-,28+,29+,30+,31+,32+,33-,34+,35+,36+,37+,38-,39-,40+,41+,42+,43-,44+,45-,46-,47-,48-,49-,52+,53-,54+,55+,56-/m0/s1. The molecule has 4 aliphatic heterocycles. The van der Waals surface area contributed by atoms with E-state index in [-0.39, 0.29) is 30.3 Å². The summed E-state index contributed by atoms with van der Waals surface area (Å²) in [6.07, 6.45) is -29.9. The molecule has 0 amide bonds. The van der Waals surface area contributed by atoms with Crippen molar-refractivity contribution in [3.63, 3.8) is 0 Å². The second-order valence-corrected chi connectivity index (χ2v) is 26.9. The Morgan fingerprint density at radius 2 is 1.10 bits per heavy atom. The number of carbonyl (C=O) groups is 2. The second kappa shape index (κ2) is 23.2. The molecule has 4 saturated carbocycles. The minimum Gasteiger partial charge on any atom is -0.465 e. The van der Waals surface area contributed by atoms with Crippen molar-refractivity contribution in [1.29, 1.82) is 0 Å². The minimum atomic E-state index is -1.99. The van der Waals surface area contributed by atoms with Gasteiger partial charge in [-0.3, -0.25) is 9.59 Å². The molecule has 9 aliphatic rings. The lowest BCUT2D eigenvalue weighted by Gasteiger charge is -2.71. The number of hydrogen-bond acceptors (Lipinski definition) is 25. The molecule has 0 aromatic carbocycles. The minimum absolute atomic E-state index is 0.0937. The largest absolute Gasteiger partial charge is 0.465 e. The van der Waals surface area contributed by atoms with E-state index in [0.717, 1.165) is 5.57 Å². The predicted octanol–water partition coefficient (Wildman–Crippen LogP) is -2.49. The van der Waals surface area contributed by atoms with Crippen molar-refractivity contribution >= 4 is 11.9 Å². The van der Waals surface area contributed by atoms with E-state index in [4.69, 9.17) is 42.6 Å². The molecule has 4 saturated heterocycles. The number of fused-ring (bicyclic) bond motifs is 7. The predicted molar refractivity (Wildman–Crippen MR) is 274 cm³/mol. The van der Waals surface area contributed by atoms with Gasteiger partial charge in [-0.1, -0.05) is 53.2 Å². The number of carbonyl (C=O) groups excluding carboxylic acids is 2. The van der Waals surface area contributed by atoms with Crippen LogP contribution in [-0.4, -0.2) is 245 Å². The van der Waals surface area contributed by atoms with Gasteiger partial charge in [-0.05, 0) is 104 Å². The molecule has 9 rings (SSSR count). The number of aliphatic hydroxyl groups is 14. The summed E-state index contributed by atoms with van der Waals surface area (Å²) in [6, 6.07) is 0. The lowest BCUT2D eigenvalue weighted by Crippen LogP contribution is -2.70. The normalized spacial score (nSPS) is 53.4. The average Bonchev–Trinajstić information content (AvgIpc) is 1.09. The Kier molecular flexibility index (Phi) is 18.1. The molecular formula is C56H90O25. The molecule has 81 heavy (non-hydrogen) atoms. The van der Waals surface area contributed by atoms with Gasteiger partial charge in [0.1, 0.15) is 85.5 Å². The van der Waals surface area contributed by atoms with Crippen molar-refractivity contribution in [2.75, 3.05) is 26.4 Å². The van der Waals surface area contributed by atoms with Gasteiger partial charge in [0.25, 0.3) is 0 Å². The van der Waals surface area contributed by atoms with Gasteiger partial charge in [0.05, 0.1) is 50.2 Å². The van der Waals surface area contributed by atoms with Gasteiger partial charge in [-0.25, -0.2) is 0 Å². The molecule has 25 nitrogen and oxygen atoms in total. The summed E-state index contributed by atoms with van der Waals surface area (Å²) in [5.41, 5.74) is -3.15. The van der Waals surface area contributed by atoms with Gasteiger partial charge in [0.15, 0.2) is 25.0 Å². The molecule has 14 N–H and O–H groups in total. The average molecular weight is 1160 g/mol. The number of esters is 2. The van der Waals surface area contributed by atoms with Gasteiger partial charge in [0, 0.05) is 12.3 Å². The zero-order valence-electron chi connectivity index (χ0n) is 47.5. The van der Waals surface area contributed by atoms with E-state index in [1.165, 1.54) is 13.8 Å². The third kappa shape index (κ3) is 10.6. The van der Waals surface area contributed by atoms with E-state index in [9.17, 15) is 76.3 Å². The molecule has 30 atom stereocenters. The van der Waals surface area contributed by atoms with Crippen LogP contribution in [0.15, 0.2) is 11.6 Å². The summed E-state index contributed by atoms with van der Waals surface area (Å²) in [4.78, 5) is 28.3. The van der Waals surface area contributed by atoms with Crippen LogP contribution in [0.5, 0.6) is 0 Å². The SMILES string of the molecule is CC(=O)OC[C@@]1(C)[C@@H]2CC[C@]3(C)[C@H](CC=C4[C@@H]5CC(C)(C)CC[C@]5(C(=O)O[C@@H]5O[C@H](CO)[C@@H](O)[C@H](O[C@@H]6O[C@H](CO)[C@@H](O)[C@H](O)[C@H]6O)[C@H]5O[C@@H]5O[C@@H](C)[C@H](O)[C@@H](O)[C@H]5O)CC[C@]43C)[C@]2(C)C[C@H](O)[C@@H]1O[C@@H]1O[C@H](CO)[C@@H](O)[C@H](O)[C@H]1O. The van der Waals surface area contributed by atoms with Crippen molar-refractivity contribution in [3.05, 3.63) is 11.6 Å². The molecule has 8 fully saturated rings. The number of rotatable bonds is 13. The van der Waals surface area contributed by atoms with Gasteiger partial charge in [-0.2, -0.15) is 0 Å². The Balaban J connectivity index is 1.04. The molecule has 25 heteroatoms. The van der Waals surface area contributed by atoms with Crippen molar-refractivity contribution in [2.45, 2.75) is 248 Å². The van der Waals surface area contributed by atoms with Crippen LogP contribution in [0.3, 0.4) is 0 Å². The summed E-state index contributed by atoms with van der Waals surface area (Å²) in [6.45, 7) is 13.0. The maximum atomic E-state index is 15.7. The third-order valence-electron chi connectivity index (χ3n) is 21.7. The van der Waals surface area contributed by atoms with E-state index >= 15 is 4.79 Å². The molecule has 0 bridgehead atoms. The quantitative estimate of drug-likeness (QED) is 0.0515. The van der Waals surface area contributed by atoms with Crippen LogP contribution in [0.2, 0.25) is 0 Å². The summed E-state index contributed by atoms with van der Waals surface area (Å²) in [5, 5.41) is 152. The van der Waals surface area contributed by atoms with E-state index < -0.39 is 200 Å². The Labute approximate surface area is 471 Å². The van der Waals surface area contributed by atoms with Crippen LogP contribution in [0, 0.1) is 50.2 Å². The molecule has 0 spiro atoms. The molecule has 4 heterocycles. The molecule has 5 aliphatic carbocycles. The zero-order valence-corrected chi connectivity index (χ0v) is 47.5. The number of hydrogen-bond donors (Lipinski definition) is 14. The maximum Gasteiger partial charge on any atom is 0.315 e. The first kappa shape index (κ1) is 63.3. The Morgan fingerprint density at radius 3 is 1.68 bits per heavy atom. The first-order valence-corrected chi connectivity index (χ1v) is 28.8. The Bertz CT molecular complexity index is 2270. The molecule has 0 aromatic heterocycles. The van der Waals surface area contributed by atoms with Crippen LogP contribution < -0.4 is 0 Å². The van der Waals surface area contributed by atoms with Crippen LogP contribution in [-0.2, 0) is 52.2 Å². The monoisotopic (exact) mass is 1160 g/mol. The maximum absolute atomic E-state index is 15.7. The van der Waals surface area contributed by atoms with Crippen molar-refractivity contribution in [3.8, 4) is 0 Å². The summed E-state index contributed by atoms with van der Waals surface area (Å²) in [5.74, 6) is -2.03. The fraction of sp³-hybridized carbons (Fsp3) is 0.929. The highest BCUT2D eigenvalue weighted by atomic mass is 16.8. The Hall–Kier alpha value is -2.16. The van der Waals surface area contributed by atoms with Crippen molar-refractivity contribution in [1.82, 2.24) is 0 Å². The lowest BCUT2D eigenvalue weighted by molar-refractivity contribution is -0.387. The fourth-order valence-corrected chi connectivity index (χ4v) is 16.8. The van der Waals surface area contributed by atoms with E-state index in [1.54, 1.807) is 0 Å². The smallest absolute Gasteiger partial charge is 0.315 e. The first-order chi connectivity index (χ1) is 37.9. The highest BCUT2D eigenvalue weighted by Gasteiger charge is 2.72. The van der Waals surface area contributed by atoms with Crippen LogP contribution >= 0.6 is 0 Å². The summed E-state index contributed by atoms with van der Waals surface area (Å²) < 4.78 is 54.5. The van der Waals surface area contributed by atoms with E-state index in [1.807, 2.05) is 6.92 Å². The van der Waals surface area contributed by atoms with Gasteiger partial charge < -0.3 is 114 Å². The topological polar surface area (TPSA) is 400 Å². The lowest BCUT2D eigenvalue weighted by atomic mass is 9.33. The molecule has 0 aromatic rings. The fourth-order valence-electron chi connectivity index (χ4n) is 16.8. The molecule has 0 radical (unpaired) electrons. The van der Waals surface area contributed by atoms with Crippen molar-refractivity contribution < 1.29 is 124 Å². The summed E-state index contributed by atoms with van der Waals surface area (Å²) >= 11 is 0. The zero-order chi connectivity index (χ0) is 59.4. The van der Waals surface area contributed by atoms with E-state index in [0.29, 0.717) is 51.4 Å². The highest BCUT2D eigenvalue weighted by molar-refractivity contribution is 5.79. The number of allylic oxidation sites excluding steroid dienone is 2. The number of ether oxygens (including phenoxy) is 9. The number of aliphatic hydroxyl groups excluding tert-OH is 14. The Morgan fingerprint density at radius 1 is 0.580 bits per heavy atom. The highest BCUT2D eigenvalue weighted by Crippen LogP contribution is 2.76. The summed E-state index contributed by atoms with van der Waals surface area (Å²) in [7, 11) is 0. The van der Waals surface area contributed by atoms with E-state index in [2.05, 4.69) is 40.7 Å². The third-order valence-corrected chi connectivity index (χ3v) is 21.7.